The maximum absolute atomic E-state index is 12.8. The second-order valence-electron chi connectivity index (χ2n) is 6.72. The Hall–Kier alpha value is -1.42. The molecule has 5 nitrogen and oxygen atoms in total. The molecule has 1 aliphatic heterocycles. The van der Waals surface area contributed by atoms with Crippen LogP contribution in [-0.2, 0) is 11.2 Å². The summed E-state index contributed by atoms with van der Waals surface area (Å²) in [6.45, 7) is 4.94. The Balaban J connectivity index is 1.36. The van der Waals surface area contributed by atoms with Gasteiger partial charge in [0, 0.05) is 28.9 Å². The summed E-state index contributed by atoms with van der Waals surface area (Å²) >= 11 is 6.48. The highest BCUT2D eigenvalue weighted by atomic mass is 32.2. The summed E-state index contributed by atoms with van der Waals surface area (Å²) in [6.07, 6.45) is 3.26. The minimum atomic E-state index is 0.126. The van der Waals surface area contributed by atoms with E-state index >= 15 is 0 Å². The molecule has 0 N–H and O–H groups in total. The number of carbonyl (C=O) groups excluding carboxylic acids is 1. The van der Waals surface area contributed by atoms with E-state index < -0.39 is 0 Å². The number of carbonyl (C=O) groups is 1. The molecule has 0 aliphatic carbocycles. The van der Waals surface area contributed by atoms with Gasteiger partial charge in [-0.1, -0.05) is 54.3 Å². The molecule has 3 heterocycles. The number of thioether (sulfide) groups is 2. The summed E-state index contributed by atoms with van der Waals surface area (Å²) < 4.78 is 1.86. The average Bonchev–Trinajstić information content (AvgIpc) is 3.45. The summed E-state index contributed by atoms with van der Waals surface area (Å²) in [7, 11) is 0. The van der Waals surface area contributed by atoms with E-state index in [2.05, 4.69) is 45.7 Å². The average molecular weight is 463 g/mol. The lowest BCUT2D eigenvalue weighted by atomic mass is 10.1. The van der Waals surface area contributed by atoms with Crippen molar-refractivity contribution in [2.24, 2.45) is 0 Å². The number of aromatic nitrogens is 3. The summed E-state index contributed by atoms with van der Waals surface area (Å²) in [5, 5.41) is 11.6. The van der Waals surface area contributed by atoms with Gasteiger partial charge in [0.25, 0.3) is 0 Å². The predicted octanol–water partition coefficient (Wildman–Crippen LogP) is 5.54. The number of aryl methyl sites for hydroxylation is 1. The first-order chi connectivity index (χ1) is 14.1. The highest BCUT2D eigenvalue weighted by Crippen LogP contribution is 2.34. The van der Waals surface area contributed by atoms with Gasteiger partial charge in [-0.25, -0.2) is 4.98 Å². The Kier molecular flexibility index (Phi) is 6.89. The van der Waals surface area contributed by atoms with Crippen LogP contribution in [0.15, 0.2) is 32.3 Å². The third-order valence-corrected chi connectivity index (χ3v) is 8.66. The molecule has 0 atom stereocenters. The van der Waals surface area contributed by atoms with E-state index in [1.807, 2.05) is 11.8 Å². The molecule has 0 saturated heterocycles. The van der Waals surface area contributed by atoms with Gasteiger partial charge in [-0.2, -0.15) is 0 Å². The van der Waals surface area contributed by atoms with Crippen molar-refractivity contribution in [3.63, 3.8) is 0 Å². The zero-order valence-corrected chi connectivity index (χ0v) is 19.6. The molecule has 152 valence electrons. The van der Waals surface area contributed by atoms with Crippen LogP contribution in [0.25, 0.3) is 11.3 Å². The highest BCUT2D eigenvalue weighted by molar-refractivity contribution is 8.03. The van der Waals surface area contributed by atoms with Crippen LogP contribution in [0.1, 0.15) is 30.3 Å². The van der Waals surface area contributed by atoms with Gasteiger partial charge in [0.05, 0.1) is 16.5 Å². The third kappa shape index (κ3) is 5.02. The first-order valence-electron chi connectivity index (χ1n) is 9.59. The Morgan fingerprint density at radius 3 is 2.83 bits per heavy atom. The normalized spacial score (nSPS) is 13.1. The Bertz CT molecular complexity index is 1000. The van der Waals surface area contributed by atoms with Crippen molar-refractivity contribution < 1.29 is 4.79 Å². The zero-order valence-electron chi connectivity index (χ0n) is 16.4. The molecule has 0 bridgehead atoms. The fourth-order valence-corrected chi connectivity index (χ4v) is 6.81. The van der Waals surface area contributed by atoms with Gasteiger partial charge in [-0.05, 0) is 37.5 Å². The smallest absolute Gasteiger partial charge is 0.237 e. The Labute approximate surface area is 187 Å². The standard InChI is InChI=1S/C20H22N4OS4/c1-3-4-9-26-19-22-23-20(29-19)28-12-18(25)24-8-7-15-10-14(5-6-17(15)24)16-11-27-13(2)21-16/h5-6,10-11H,3-4,7-9,12H2,1-2H3. The molecule has 0 saturated carbocycles. The minimum absolute atomic E-state index is 0.126. The number of unbranched alkanes of at least 4 members (excludes halogenated alkanes) is 1. The molecule has 0 unspecified atom stereocenters. The number of amides is 1. The lowest BCUT2D eigenvalue weighted by Crippen LogP contribution is -2.30. The van der Waals surface area contributed by atoms with E-state index in [-0.39, 0.29) is 5.91 Å². The Morgan fingerprint density at radius 2 is 2.07 bits per heavy atom. The number of anilines is 1. The molecular formula is C20H22N4OS4. The first kappa shape index (κ1) is 20.8. The van der Waals surface area contributed by atoms with E-state index in [9.17, 15) is 4.79 Å². The summed E-state index contributed by atoms with van der Waals surface area (Å²) in [4.78, 5) is 19.3. The molecule has 4 rings (SSSR count). The molecule has 3 aromatic rings. The number of nitrogens with zero attached hydrogens (tertiary/aromatic N) is 4. The Morgan fingerprint density at radius 1 is 1.24 bits per heavy atom. The molecule has 1 aromatic carbocycles. The van der Waals surface area contributed by atoms with Gasteiger partial charge in [-0.3, -0.25) is 4.79 Å². The molecular weight excluding hydrogens is 441 g/mol. The SMILES string of the molecule is CCCCSc1nnc(SCC(=O)N2CCc3cc(-c4csc(C)n4)ccc32)s1. The van der Waals surface area contributed by atoms with Crippen molar-refractivity contribution in [2.75, 3.05) is 23.0 Å². The van der Waals surface area contributed by atoms with Crippen LogP contribution in [0.2, 0.25) is 0 Å². The van der Waals surface area contributed by atoms with Crippen LogP contribution in [0.5, 0.6) is 0 Å². The molecule has 0 spiro atoms. The number of thiazole rings is 1. The third-order valence-electron chi connectivity index (χ3n) is 4.62. The zero-order chi connectivity index (χ0) is 20.2. The monoisotopic (exact) mass is 462 g/mol. The summed E-state index contributed by atoms with van der Waals surface area (Å²) in [6, 6.07) is 6.30. The highest BCUT2D eigenvalue weighted by Gasteiger charge is 2.25. The van der Waals surface area contributed by atoms with Crippen molar-refractivity contribution in [1.82, 2.24) is 15.2 Å². The summed E-state index contributed by atoms with van der Waals surface area (Å²) in [5.74, 6) is 1.59. The van der Waals surface area contributed by atoms with Gasteiger partial charge in [0.2, 0.25) is 5.91 Å². The van der Waals surface area contributed by atoms with Gasteiger partial charge in [0.1, 0.15) is 0 Å². The first-order valence-corrected chi connectivity index (χ1v) is 13.3. The van der Waals surface area contributed by atoms with Crippen molar-refractivity contribution in [1.29, 1.82) is 0 Å². The second kappa shape index (κ2) is 9.59. The lowest BCUT2D eigenvalue weighted by Gasteiger charge is -2.17. The predicted molar refractivity (Wildman–Crippen MR) is 125 cm³/mol. The number of benzene rings is 1. The van der Waals surface area contributed by atoms with E-state index in [4.69, 9.17) is 0 Å². The van der Waals surface area contributed by atoms with Crippen LogP contribution in [-0.4, -0.2) is 39.1 Å². The molecule has 0 fully saturated rings. The van der Waals surface area contributed by atoms with Gasteiger partial charge in [0.15, 0.2) is 8.68 Å². The molecule has 2 aromatic heterocycles. The van der Waals surface area contributed by atoms with Crippen molar-refractivity contribution in [3.8, 4) is 11.3 Å². The molecule has 9 heteroatoms. The maximum atomic E-state index is 12.8. The topological polar surface area (TPSA) is 59.0 Å². The number of fused-ring (bicyclic) bond motifs is 1. The van der Waals surface area contributed by atoms with Gasteiger partial charge in [-0.15, -0.1) is 21.5 Å². The van der Waals surface area contributed by atoms with Crippen LogP contribution in [0.3, 0.4) is 0 Å². The maximum Gasteiger partial charge on any atom is 0.237 e. The largest absolute Gasteiger partial charge is 0.311 e. The molecule has 0 radical (unpaired) electrons. The van der Waals surface area contributed by atoms with Crippen LogP contribution < -0.4 is 4.90 Å². The van der Waals surface area contributed by atoms with E-state index in [0.29, 0.717) is 5.75 Å². The van der Waals surface area contributed by atoms with Crippen LogP contribution in [0.4, 0.5) is 5.69 Å². The fraction of sp³-hybridized carbons (Fsp3) is 0.400. The second-order valence-corrected chi connectivity index (χ2v) is 11.3. The number of hydrogen-bond donors (Lipinski definition) is 0. The van der Waals surface area contributed by atoms with Crippen LogP contribution >= 0.6 is 46.2 Å². The van der Waals surface area contributed by atoms with E-state index in [1.165, 1.54) is 30.2 Å². The number of rotatable bonds is 8. The molecule has 29 heavy (non-hydrogen) atoms. The van der Waals surface area contributed by atoms with E-state index in [0.717, 1.165) is 49.4 Å². The van der Waals surface area contributed by atoms with Crippen molar-refractivity contribution in [3.05, 3.63) is 34.2 Å². The van der Waals surface area contributed by atoms with Gasteiger partial charge >= 0.3 is 0 Å². The lowest BCUT2D eigenvalue weighted by molar-refractivity contribution is -0.116. The molecule has 1 aliphatic rings. The van der Waals surface area contributed by atoms with E-state index in [1.54, 1.807) is 34.4 Å². The van der Waals surface area contributed by atoms with Gasteiger partial charge < -0.3 is 4.90 Å². The van der Waals surface area contributed by atoms with Crippen LogP contribution in [0, 0.1) is 6.92 Å². The minimum Gasteiger partial charge on any atom is -0.311 e. The summed E-state index contributed by atoms with van der Waals surface area (Å²) in [5.41, 5.74) is 4.38. The number of hydrogen-bond acceptors (Lipinski definition) is 8. The van der Waals surface area contributed by atoms with Crippen molar-refractivity contribution in [2.45, 2.75) is 41.8 Å². The molecule has 1 amide bonds. The fourth-order valence-electron chi connectivity index (χ4n) is 3.14. The van der Waals surface area contributed by atoms with Crippen molar-refractivity contribution >= 4 is 57.8 Å². The quantitative estimate of drug-likeness (QED) is 0.323.